The molecular weight excluding hydrogens is 226 g/mol. The predicted octanol–water partition coefficient (Wildman–Crippen LogP) is 3.77. The zero-order valence-corrected chi connectivity index (χ0v) is 9.01. The monoisotopic (exact) mass is 235 g/mol. The minimum atomic E-state index is 0.879. The van der Waals surface area contributed by atoms with Crippen LogP contribution in [0, 0.1) is 11.3 Å². The van der Waals surface area contributed by atoms with E-state index in [1.807, 2.05) is 31.2 Å². The Hall–Kier alpha value is -1.07. The SMILES string of the molecule is CC/C(=C/C#N)c1cccc(Br)c1. The maximum atomic E-state index is 8.56. The van der Waals surface area contributed by atoms with Gasteiger partial charge >= 0.3 is 0 Å². The molecule has 0 saturated carbocycles. The molecule has 13 heavy (non-hydrogen) atoms. The van der Waals surface area contributed by atoms with Crippen molar-refractivity contribution in [1.29, 1.82) is 5.26 Å². The van der Waals surface area contributed by atoms with E-state index in [1.165, 1.54) is 0 Å². The molecule has 66 valence electrons. The van der Waals surface area contributed by atoms with Gasteiger partial charge in [0.15, 0.2) is 0 Å². The van der Waals surface area contributed by atoms with Crippen molar-refractivity contribution in [3.63, 3.8) is 0 Å². The fourth-order valence-electron chi connectivity index (χ4n) is 1.16. The normalized spacial score (nSPS) is 11.0. The number of allylic oxidation sites excluding steroid dienone is 2. The summed E-state index contributed by atoms with van der Waals surface area (Å²) in [6, 6.07) is 10.0. The number of halogens is 1. The molecule has 0 saturated heterocycles. The van der Waals surface area contributed by atoms with Gasteiger partial charge in [-0.15, -0.1) is 0 Å². The fourth-order valence-corrected chi connectivity index (χ4v) is 1.55. The highest BCUT2D eigenvalue weighted by molar-refractivity contribution is 9.10. The van der Waals surface area contributed by atoms with Gasteiger partial charge in [0.1, 0.15) is 0 Å². The highest BCUT2D eigenvalue weighted by Crippen LogP contribution is 2.21. The zero-order chi connectivity index (χ0) is 9.68. The first-order chi connectivity index (χ1) is 6.27. The lowest BCUT2D eigenvalue weighted by atomic mass is 10.0. The number of rotatable bonds is 2. The van der Waals surface area contributed by atoms with E-state index in [1.54, 1.807) is 6.08 Å². The van der Waals surface area contributed by atoms with E-state index in [0.29, 0.717) is 0 Å². The van der Waals surface area contributed by atoms with Crippen molar-refractivity contribution in [3.8, 4) is 6.07 Å². The number of nitriles is 1. The van der Waals surface area contributed by atoms with Crippen LogP contribution in [0.2, 0.25) is 0 Å². The van der Waals surface area contributed by atoms with Crippen LogP contribution in [0.25, 0.3) is 5.57 Å². The van der Waals surface area contributed by atoms with Gasteiger partial charge in [-0.3, -0.25) is 0 Å². The minimum absolute atomic E-state index is 0.879. The maximum Gasteiger partial charge on any atom is 0.0915 e. The molecule has 0 aromatic heterocycles. The molecule has 0 amide bonds. The van der Waals surface area contributed by atoms with Gasteiger partial charge in [0, 0.05) is 10.5 Å². The summed E-state index contributed by atoms with van der Waals surface area (Å²) < 4.78 is 1.04. The Morgan fingerprint density at radius 2 is 2.38 bits per heavy atom. The molecule has 1 aromatic carbocycles. The smallest absolute Gasteiger partial charge is 0.0915 e. The molecule has 0 heterocycles. The molecule has 1 nitrogen and oxygen atoms in total. The Labute approximate surface area is 86.8 Å². The van der Waals surface area contributed by atoms with Gasteiger partial charge in [0.2, 0.25) is 0 Å². The van der Waals surface area contributed by atoms with Crippen LogP contribution in [0.3, 0.4) is 0 Å². The van der Waals surface area contributed by atoms with Crippen LogP contribution in [-0.2, 0) is 0 Å². The van der Waals surface area contributed by atoms with Gasteiger partial charge in [-0.25, -0.2) is 0 Å². The van der Waals surface area contributed by atoms with Gasteiger partial charge < -0.3 is 0 Å². The van der Waals surface area contributed by atoms with Crippen LogP contribution in [-0.4, -0.2) is 0 Å². The molecular formula is C11H10BrN. The first kappa shape index (κ1) is 10.0. The second kappa shape index (κ2) is 4.84. The van der Waals surface area contributed by atoms with Crippen LogP contribution in [0.5, 0.6) is 0 Å². The summed E-state index contributed by atoms with van der Waals surface area (Å²) in [5.74, 6) is 0. The lowest BCUT2D eigenvalue weighted by Gasteiger charge is -2.02. The molecule has 0 aliphatic carbocycles. The first-order valence-corrected chi connectivity index (χ1v) is 4.91. The third-order valence-electron chi connectivity index (χ3n) is 1.82. The lowest BCUT2D eigenvalue weighted by molar-refractivity contribution is 1.24. The largest absolute Gasteiger partial charge is 0.193 e. The van der Waals surface area contributed by atoms with Crippen LogP contribution >= 0.6 is 15.9 Å². The van der Waals surface area contributed by atoms with E-state index in [4.69, 9.17) is 5.26 Å². The van der Waals surface area contributed by atoms with Crippen molar-refractivity contribution in [2.75, 3.05) is 0 Å². The van der Waals surface area contributed by atoms with Crippen molar-refractivity contribution in [2.24, 2.45) is 0 Å². The Balaban J connectivity index is 3.07. The summed E-state index contributed by atoms with van der Waals surface area (Å²) in [7, 11) is 0. The van der Waals surface area contributed by atoms with Crippen LogP contribution < -0.4 is 0 Å². The predicted molar refractivity (Wildman–Crippen MR) is 58.0 cm³/mol. The molecule has 0 spiro atoms. The van der Waals surface area contributed by atoms with Crippen LogP contribution in [0.1, 0.15) is 18.9 Å². The van der Waals surface area contributed by atoms with Crippen LogP contribution in [0.15, 0.2) is 34.8 Å². The topological polar surface area (TPSA) is 23.8 Å². The van der Waals surface area contributed by atoms with Gasteiger partial charge in [-0.1, -0.05) is 35.0 Å². The minimum Gasteiger partial charge on any atom is -0.193 e. The molecule has 2 heteroatoms. The Morgan fingerprint density at radius 1 is 1.62 bits per heavy atom. The summed E-state index contributed by atoms with van der Waals surface area (Å²) in [6.45, 7) is 2.05. The van der Waals surface area contributed by atoms with Crippen molar-refractivity contribution < 1.29 is 0 Å². The van der Waals surface area contributed by atoms with Gasteiger partial charge in [0.25, 0.3) is 0 Å². The van der Waals surface area contributed by atoms with E-state index in [2.05, 4.69) is 22.0 Å². The molecule has 1 aromatic rings. The van der Waals surface area contributed by atoms with E-state index < -0.39 is 0 Å². The maximum absolute atomic E-state index is 8.56. The van der Waals surface area contributed by atoms with Crippen molar-refractivity contribution in [1.82, 2.24) is 0 Å². The number of hydrogen-bond acceptors (Lipinski definition) is 1. The summed E-state index contributed by atoms with van der Waals surface area (Å²) >= 11 is 3.40. The Kier molecular flexibility index (Phi) is 3.72. The summed E-state index contributed by atoms with van der Waals surface area (Å²) in [6.07, 6.45) is 2.48. The third-order valence-corrected chi connectivity index (χ3v) is 2.31. The lowest BCUT2D eigenvalue weighted by Crippen LogP contribution is -1.81. The highest BCUT2D eigenvalue weighted by atomic mass is 79.9. The molecule has 0 N–H and O–H groups in total. The van der Waals surface area contributed by atoms with E-state index in [0.717, 1.165) is 22.0 Å². The van der Waals surface area contributed by atoms with Crippen LogP contribution in [0.4, 0.5) is 0 Å². The van der Waals surface area contributed by atoms with Crippen molar-refractivity contribution in [2.45, 2.75) is 13.3 Å². The van der Waals surface area contributed by atoms with E-state index >= 15 is 0 Å². The molecule has 0 radical (unpaired) electrons. The molecule has 0 aliphatic rings. The zero-order valence-electron chi connectivity index (χ0n) is 7.42. The molecule has 0 aliphatic heterocycles. The standard InChI is InChI=1S/C11H10BrN/c1-2-9(6-7-13)10-4-3-5-11(12)8-10/h3-6,8H,2H2,1H3/b9-6-. The highest BCUT2D eigenvalue weighted by Gasteiger charge is 1.98. The van der Waals surface area contributed by atoms with E-state index in [9.17, 15) is 0 Å². The number of hydrogen-bond donors (Lipinski definition) is 0. The average Bonchev–Trinajstić information content (AvgIpc) is 2.14. The number of benzene rings is 1. The van der Waals surface area contributed by atoms with Gasteiger partial charge in [0.05, 0.1) is 6.07 Å². The second-order valence-corrected chi connectivity index (χ2v) is 3.58. The quantitative estimate of drug-likeness (QED) is 0.717. The Bertz CT molecular complexity index is 361. The second-order valence-electron chi connectivity index (χ2n) is 2.66. The molecule has 0 bridgehead atoms. The van der Waals surface area contributed by atoms with Gasteiger partial charge in [-0.05, 0) is 29.7 Å². The van der Waals surface area contributed by atoms with Crippen molar-refractivity contribution in [3.05, 3.63) is 40.4 Å². The average molecular weight is 236 g/mol. The Morgan fingerprint density at radius 3 is 2.92 bits per heavy atom. The first-order valence-electron chi connectivity index (χ1n) is 4.12. The summed E-state index contributed by atoms with van der Waals surface area (Å²) in [4.78, 5) is 0. The van der Waals surface area contributed by atoms with Crippen molar-refractivity contribution >= 4 is 21.5 Å². The number of nitrogens with zero attached hydrogens (tertiary/aromatic N) is 1. The molecule has 0 fully saturated rings. The van der Waals surface area contributed by atoms with E-state index in [-0.39, 0.29) is 0 Å². The molecule has 0 atom stereocenters. The summed E-state index contributed by atoms with van der Waals surface area (Å²) in [5, 5.41) is 8.56. The molecule has 1 rings (SSSR count). The third kappa shape index (κ3) is 2.71. The molecule has 0 unspecified atom stereocenters. The van der Waals surface area contributed by atoms with Gasteiger partial charge in [-0.2, -0.15) is 5.26 Å². The fraction of sp³-hybridized carbons (Fsp3) is 0.182. The summed E-state index contributed by atoms with van der Waals surface area (Å²) in [5.41, 5.74) is 2.18.